The van der Waals surface area contributed by atoms with Crippen LogP contribution in [0.5, 0.6) is 5.75 Å². The second kappa shape index (κ2) is 5.41. The average Bonchev–Trinajstić information content (AvgIpc) is 2.18. The van der Waals surface area contributed by atoms with E-state index in [1.165, 1.54) is 0 Å². The highest BCUT2D eigenvalue weighted by Crippen LogP contribution is 2.21. The molecule has 0 atom stereocenters. The fraction of sp³-hybridized carbons (Fsp3) is 0.182. The second-order valence-electron chi connectivity index (χ2n) is 2.79. The quantitative estimate of drug-likeness (QED) is 0.803. The number of carboxylic acid groups (broad SMARTS) is 1. The van der Waals surface area contributed by atoms with Crippen LogP contribution >= 0.6 is 11.6 Å². The lowest BCUT2D eigenvalue weighted by Gasteiger charge is -2.03. The summed E-state index contributed by atoms with van der Waals surface area (Å²) in [5.74, 6) is -0.324. The molecule has 1 aromatic carbocycles. The number of carboxylic acids is 1. The average molecular weight is 227 g/mol. The summed E-state index contributed by atoms with van der Waals surface area (Å²) in [6.07, 6.45) is 0.956. The van der Waals surface area contributed by atoms with Gasteiger partial charge in [0.05, 0.1) is 11.6 Å². The molecule has 4 heteroatoms. The fourth-order valence-corrected chi connectivity index (χ4v) is 1.29. The molecular formula is C11H11ClO3. The number of aliphatic carboxylic acids is 1. The normalized spacial score (nSPS) is 11.2. The topological polar surface area (TPSA) is 46.5 Å². The first kappa shape index (κ1) is 11.6. The van der Waals surface area contributed by atoms with E-state index in [-0.39, 0.29) is 5.03 Å². The van der Waals surface area contributed by atoms with E-state index in [2.05, 4.69) is 0 Å². The smallest absolute Gasteiger partial charge is 0.329 e. The van der Waals surface area contributed by atoms with Gasteiger partial charge in [-0.25, -0.2) is 4.79 Å². The Hall–Kier alpha value is -1.48. The summed E-state index contributed by atoms with van der Waals surface area (Å²) in [6, 6.07) is 6.92. The highest BCUT2D eigenvalue weighted by Gasteiger charge is 2.01. The van der Waals surface area contributed by atoms with Crippen LogP contribution in [0, 0.1) is 0 Å². The number of hydrogen-bond acceptors (Lipinski definition) is 2. The highest BCUT2D eigenvalue weighted by molar-refractivity contribution is 6.50. The zero-order chi connectivity index (χ0) is 11.3. The Morgan fingerprint density at radius 3 is 2.53 bits per heavy atom. The van der Waals surface area contributed by atoms with E-state index in [4.69, 9.17) is 21.4 Å². The Morgan fingerprint density at radius 1 is 1.47 bits per heavy atom. The van der Waals surface area contributed by atoms with Gasteiger partial charge >= 0.3 is 5.97 Å². The van der Waals surface area contributed by atoms with E-state index < -0.39 is 5.97 Å². The van der Waals surface area contributed by atoms with Gasteiger partial charge in [0, 0.05) is 6.08 Å². The highest BCUT2D eigenvalue weighted by atomic mass is 35.5. The minimum absolute atomic E-state index is 0.200. The summed E-state index contributed by atoms with van der Waals surface area (Å²) in [5, 5.41) is 8.70. The van der Waals surface area contributed by atoms with Crippen molar-refractivity contribution in [2.24, 2.45) is 0 Å². The van der Waals surface area contributed by atoms with Gasteiger partial charge in [-0.15, -0.1) is 0 Å². The lowest BCUT2D eigenvalue weighted by Crippen LogP contribution is -1.92. The van der Waals surface area contributed by atoms with Crippen LogP contribution in [-0.2, 0) is 4.79 Å². The molecule has 0 amide bonds. The second-order valence-corrected chi connectivity index (χ2v) is 3.20. The summed E-state index contributed by atoms with van der Waals surface area (Å²) in [4.78, 5) is 10.4. The van der Waals surface area contributed by atoms with Gasteiger partial charge in [-0.2, -0.15) is 0 Å². The van der Waals surface area contributed by atoms with E-state index in [9.17, 15) is 4.79 Å². The molecule has 1 N–H and O–H groups in total. The van der Waals surface area contributed by atoms with Crippen LogP contribution in [-0.4, -0.2) is 17.7 Å². The van der Waals surface area contributed by atoms with Crippen LogP contribution in [0.4, 0.5) is 0 Å². The minimum Gasteiger partial charge on any atom is -0.494 e. The third-order valence-corrected chi connectivity index (χ3v) is 2.02. The molecule has 1 rings (SSSR count). The van der Waals surface area contributed by atoms with Gasteiger partial charge in [0.25, 0.3) is 0 Å². The van der Waals surface area contributed by atoms with Gasteiger partial charge in [-0.3, -0.25) is 0 Å². The van der Waals surface area contributed by atoms with Crippen molar-refractivity contribution in [3.05, 3.63) is 35.9 Å². The molecule has 0 aromatic heterocycles. The molecule has 0 heterocycles. The SMILES string of the molecule is CCOc1ccc(/C(Cl)=C/C(=O)O)cc1. The summed E-state index contributed by atoms with van der Waals surface area (Å²) in [5.41, 5.74) is 0.655. The summed E-state index contributed by atoms with van der Waals surface area (Å²) in [6.45, 7) is 2.49. The molecule has 0 bridgehead atoms. The van der Waals surface area contributed by atoms with Crippen molar-refractivity contribution < 1.29 is 14.6 Å². The third kappa shape index (κ3) is 3.64. The van der Waals surface area contributed by atoms with Crippen LogP contribution in [0.25, 0.3) is 5.03 Å². The van der Waals surface area contributed by atoms with E-state index in [0.29, 0.717) is 12.2 Å². The number of rotatable bonds is 4. The molecule has 0 unspecified atom stereocenters. The molecule has 0 radical (unpaired) electrons. The van der Waals surface area contributed by atoms with Crippen molar-refractivity contribution in [2.45, 2.75) is 6.92 Å². The van der Waals surface area contributed by atoms with E-state index in [1.54, 1.807) is 24.3 Å². The molecule has 0 aliphatic carbocycles. The molecule has 0 aliphatic heterocycles. The lowest BCUT2D eigenvalue weighted by atomic mass is 10.2. The Kier molecular flexibility index (Phi) is 4.18. The number of hydrogen-bond donors (Lipinski definition) is 1. The van der Waals surface area contributed by atoms with Crippen LogP contribution in [0.3, 0.4) is 0 Å². The van der Waals surface area contributed by atoms with Crippen LogP contribution in [0.15, 0.2) is 30.3 Å². The first-order valence-corrected chi connectivity index (χ1v) is 4.84. The number of carbonyl (C=O) groups is 1. The van der Waals surface area contributed by atoms with Crippen molar-refractivity contribution in [1.82, 2.24) is 0 Å². The molecule has 0 saturated carbocycles. The first-order valence-electron chi connectivity index (χ1n) is 4.47. The molecule has 1 aromatic rings. The van der Waals surface area contributed by atoms with Crippen molar-refractivity contribution >= 4 is 22.6 Å². The predicted octanol–water partition coefficient (Wildman–Crippen LogP) is 2.75. The van der Waals surface area contributed by atoms with Gasteiger partial charge in [0.2, 0.25) is 0 Å². The number of halogens is 1. The maximum Gasteiger partial charge on any atom is 0.329 e. The fourth-order valence-electron chi connectivity index (χ4n) is 1.07. The van der Waals surface area contributed by atoms with Crippen molar-refractivity contribution in [3.8, 4) is 5.75 Å². The Morgan fingerprint density at radius 2 is 2.07 bits per heavy atom. The minimum atomic E-state index is -1.06. The first-order chi connectivity index (χ1) is 7.13. The maximum absolute atomic E-state index is 10.4. The van der Waals surface area contributed by atoms with Crippen LogP contribution in [0.1, 0.15) is 12.5 Å². The van der Waals surface area contributed by atoms with Gasteiger partial charge in [-0.1, -0.05) is 11.6 Å². The molecule has 0 saturated heterocycles. The molecule has 3 nitrogen and oxygen atoms in total. The molecule has 0 spiro atoms. The van der Waals surface area contributed by atoms with Crippen LogP contribution in [0.2, 0.25) is 0 Å². The van der Waals surface area contributed by atoms with Crippen molar-refractivity contribution in [2.75, 3.05) is 6.61 Å². The van der Waals surface area contributed by atoms with Crippen molar-refractivity contribution in [1.29, 1.82) is 0 Å². The summed E-state index contributed by atoms with van der Waals surface area (Å²) < 4.78 is 5.24. The summed E-state index contributed by atoms with van der Waals surface area (Å²) in [7, 11) is 0. The molecule has 15 heavy (non-hydrogen) atoms. The largest absolute Gasteiger partial charge is 0.494 e. The number of benzene rings is 1. The maximum atomic E-state index is 10.4. The van der Waals surface area contributed by atoms with E-state index >= 15 is 0 Å². The molecular weight excluding hydrogens is 216 g/mol. The van der Waals surface area contributed by atoms with Gasteiger partial charge in [0.15, 0.2) is 0 Å². The predicted molar refractivity (Wildman–Crippen MR) is 59.1 cm³/mol. The van der Waals surface area contributed by atoms with Crippen molar-refractivity contribution in [3.63, 3.8) is 0 Å². The molecule has 80 valence electrons. The Labute approximate surface area is 92.9 Å². The Balaban J connectivity index is 2.84. The van der Waals surface area contributed by atoms with Gasteiger partial charge < -0.3 is 9.84 Å². The monoisotopic (exact) mass is 226 g/mol. The molecule has 0 fully saturated rings. The third-order valence-electron chi connectivity index (χ3n) is 1.69. The summed E-state index contributed by atoms with van der Waals surface area (Å²) >= 11 is 5.77. The van der Waals surface area contributed by atoms with E-state index in [1.807, 2.05) is 6.92 Å². The number of ether oxygens (including phenoxy) is 1. The lowest BCUT2D eigenvalue weighted by molar-refractivity contribution is -0.131. The van der Waals surface area contributed by atoms with Crippen LogP contribution < -0.4 is 4.74 Å². The zero-order valence-electron chi connectivity index (χ0n) is 8.24. The van der Waals surface area contributed by atoms with Gasteiger partial charge in [0.1, 0.15) is 5.75 Å². The standard InChI is InChI=1S/C11H11ClO3/c1-2-15-9-5-3-8(4-6-9)10(12)7-11(13)14/h3-7H,2H2,1H3,(H,13,14)/b10-7-. The van der Waals surface area contributed by atoms with E-state index in [0.717, 1.165) is 11.8 Å². The molecule has 0 aliphatic rings. The zero-order valence-corrected chi connectivity index (χ0v) is 8.99. The Bertz CT molecular complexity index is 368. The van der Waals surface area contributed by atoms with Gasteiger partial charge in [-0.05, 0) is 36.8 Å².